The summed E-state index contributed by atoms with van der Waals surface area (Å²) in [6.45, 7) is 7.89. The summed E-state index contributed by atoms with van der Waals surface area (Å²) in [5.74, 6) is 0.0181. The van der Waals surface area contributed by atoms with Crippen LogP contribution in [-0.4, -0.2) is 5.78 Å². The van der Waals surface area contributed by atoms with Gasteiger partial charge in [0.15, 0.2) is 16.4 Å². The highest BCUT2D eigenvalue weighted by molar-refractivity contribution is 7.61. The standard InChI is InChI=1S/C23H22O2P/c1-15-12-17(3)22(18(4)13-15)23(24)19-10-11-21(16(2)14-19)26(25)20-8-6-5-7-9-20/h5-14H,1-4H3/q+1. The highest BCUT2D eigenvalue weighted by Crippen LogP contribution is 2.24. The number of rotatable bonds is 4. The van der Waals surface area contributed by atoms with Gasteiger partial charge in [0.05, 0.1) is 0 Å². The zero-order valence-corrected chi connectivity index (χ0v) is 16.4. The van der Waals surface area contributed by atoms with Crippen molar-refractivity contribution < 1.29 is 9.36 Å². The quantitative estimate of drug-likeness (QED) is 0.488. The van der Waals surface area contributed by atoms with Crippen LogP contribution in [0.4, 0.5) is 0 Å². The zero-order valence-electron chi connectivity index (χ0n) is 15.5. The molecule has 0 aliphatic carbocycles. The Morgan fingerprint density at radius 3 is 1.96 bits per heavy atom. The van der Waals surface area contributed by atoms with E-state index in [1.54, 1.807) is 6.07 Å². The second-order valence-electron chi connectivity index (χ2n) is 6.73. The van der Waals surface area contributed by atoms with E-state index in [1.807, 2.05) is 82.3 Å². The summed E-state index contributed by atoms with van der Waals surface area (Å²) in [5, 5.41) is 1.58. The van der Waals surface area contributed by atoms with Gasteiger partial charge in [-0.15, -0.1) is 0 Å². The number of hydrogen-bond donors (Lipinski definition) is 0. The Morgan fingerprint density at radius 2 is 1.38 bits per heavy atom. The second kappa shape index (κ2) is 7.35. The van der Waals surface area contributed by atoms with Crippen molar-refractivity contribution in [2.24, 2.45) is 0 Å². The fourth-order valence-electron chi connectivity index (χ4n) is 3.41. The second-order valence-corrected chi connectivity index (χ2v) is 8.32. The molecule has 0 aliphatic heterocycles. The molecule has 3 rings (SSSR count). The lowest BCUT2D eigenvalue weighted by molar-refractivity contribution is 0.103. The largest absolute Gasteiger partial charge is 0.415 e. The first-order valence-corrected chi connectivity index (χ1v) is 9.90. The molecule has 1 atom stereocenters. The van der Waals surface area contributed by atoms with Gasteiger partial charge in [0.2, 0.25) is 0 Å². The maximum absolute atomic E-state index is 13.0. The lowest BCUT2D eigenvalue weighted by Crippen LogP contribution is -2.13. The molecule has 0 N–H and O–H groups in total. The van der Waals surface area contributed by atoms with Gasteiger partial charge in [0, 0.05) is 16.7 Å². The molecule has 0 saturated carbocycles. The summed E-state index contributed by atoms with van der Waals surface area (Å²) in [6, 6.07) is 19.0. The van der Waals surface area contributed by atoms with Gasteiger partial charge in [-0.25, -0.2) is 0 Å². The van der Waals surface area contributed by atoms with E-state index < -0.39 is 7.80 Å². The van der Waals surface area contributed by atoms with Crippen LogP contribution in [0.2, 0.25) is 0 Å². The molecule has 3 heteroatoms. The van der Waals surface area contributed by atoms with E-state index in [0.29, 0.717) is 5.56 Å². The van der Waals surface area contributed by atoms with Crippen LogP contribution in [0.25, 0.3) is 0 Å². The van der Waals surface area contributed by atoms with Crippen LogP contribution in [0.1, 0.15) is 38.2 Å². The average molecular weight is 361 g/mol. The Balaban J connectivity index is 1.98. The van der Waals surface area contributed by atoms with Gasteiger partial charge in [-0.3, -0.25) is 4.79 Å². The Kier molecular flexibility index (Phi) is 5.15. The van der Waals surface area contributed by atoms with Gasteiger partial charge in [-0.2, -0.15) is 0 Å². The van der Waals surface area contributed by atoms with Crippen molar-refractivity contribution in [3.63, 3.8) is 0 Å². The summed E-state index contributed by atoms with van der Waals surface area (Å²) in [4.78, 5) is 13.0. The van der Waals surface area contributed by atoms with Crippen molar-refractivity contribution in [2.75, 3.05) is 0 Å². The molecule has 0 radical (unpaired) electrons. The van der Waals surface area contributed by atoms with E-state index in [2.05, 4.69) is 0 Å². The number of carbonyl (C=O) groups is 1. The van der Waals surface area contributed by atoms with Crippen LogP contribution >= 0.6 is 7.80 Å². The first-order valence-electron chi connectivity index (χ1n) is 8.64. The van der Waals surface area contributed by atoms with E-state index >= 15 is 0 Å². The third-order valence-corrected chi connectivity index (χ3v) is 6.28. The molecule has 3 aromatic carbocycles. The minimum absolute atomic E-state index is 0.0181. The van der Waals surface area contributed by atoms with Gasteiger partial charge in [0.25, 0.3) is 0 Å². The summed E-state index contributed by atoms with van der Waals surface area (Å²) < 4.78 is 12.8. The van der Waals surface area contributed by atoms with Crippen LogP contribution in [0, 0.1) is 27.7 Å². The SMILES string of the molecule is Cc1cc(C)c(C(=O)c2ccc([P+](=O)c3ccccc3)c(C)c2)c(C)c1. The maximum Gasteiger partial charge on any atom is 0.415 e. The molecule has 0 amide bonds. The predicted molar refractivity (Wildman–Crippen MR) is 109 cm³/mol. The van der Waals surface area contributed by atoms with Gasteiger partial charge < -0.3 is 0 Å². The molecular formula is C23H22O2P+. The summed E-state index contributed by atoms with van der Waals surface area (Å²) in [5.41, 5.74) is 5.41. The minimum Gasteiger partial charge on any atom is -0.289 e. The highest BCUT2D eigenvalue weighted by atomic mass is 31.1. The number of aryl methyl sites for hydroxylation is 4. The van der Waals surface area contributed by atoms with Crippen LogP contribution in [0.3, 0.4) is 0 Å². The predicted octanol–water partition coefficient (Wildman–Crippen LogP) is 4.93. The molecule has 0 aliphatic rings. The fourth-order valence-corrected chi connectivity index (χ4v) is 4.73. The van der Waals surface area contributed by atoms with Crippen molar-refractivity contribution in [1.82, 2.24) is 0 Å². The fraction of sp³-hybridized carbons (Fsp3) is 0.174. The molecule has 0 aromatic heterocycles. The van der Waals surface area contributed by atoms with E-state index in [1.165, 1.54) is 0 Å². The van der Waals surface area contributed by atoms with Crippen molar-refractivity contribution in [1.29, 1.82) is 0 Å². The zero-order chi connectivity index (χ0) is 18.8. The lowest BCUT2D eigenvalue weighted by atomic mass is 9.93. The monoisotopic (exact) mass is 361 g/mol. The highest BCUT2D eigenvalue weighted by Gasteiger charge is 2.26. The maximum atomic E-state index is 13.0. The summed E-state index contributed by atoms with van der Waals surface area (Å²) in [7, 11) is -1.66. The van der Waals surface area contributed by atoms with Crippen LogP contribution in [0.15, 0.2) is 60.7 Å². The average Bonchev–Trinajstić information content (AvgIpc) is 2.61. The Morgan fingerprint density at radius 1 is 0.769 bits per heavy atom. The van der Waals surface area contributed by atoms with E-state index in [-0.39, 0.29) is 5.78 Å². The van der Waals surface area contributed by atoms with Crippen molar-refractivity contribution in [3.05, 3.63) is 94.0 Å². The molecule has 0 spiro atoms. The summed E-state index contributed by atoms with van der Waals surface area (Å²) >= 11 is 0. The van der Waals surface area contributed by atoms with Gasteiger partial charge in [-0.1, -0.05) is 40.5 Å². The van der Waals surface area contributed by atoms with Gasteiger partial charge >= 0.3 is 7.80 Å². The lowest BCUT2D eigenvalue weighted by Gasteiger charge is -2.11. The molecule has 0 fully saturated rings. The van der Waals surface area contributed by atoms with Gasteiger partial charge in [-0.05, 0) is 69.2 Å². The Bertz CT molecular complexity index is 981. The molecule has 0 saturated heterocycles. The summed E-state index contributed by atoms with van der Waals surface area (Å²) in [6.07, 6.45) is 0. The first-order chi connectivity index (χ1) is 12.4. The van der Waals surface area contributed by atoms with E-state index in [0.717, 1.165) is 38.4 Å². The van der Waals surface area contributed by atoms with Crippen molar-refractivity contribution in [2.45, 2.75) is 27.7 Å². The number of carbonyl (C=O) groups excluding carboxylic acids is 1. The Labute approximate surface area is 155 Å². The first kappa shape index (κ1) is 18.2. The number of hydrogen-bond acceptors (Lipinski definition) is 2. The van der Waals surface area contributed by atoms with Gasteiger partial charge in [0.1, 0.15) is 0 Å². The third-order valence-electron chi connectivity index (χ3n) is 4.57. The third kappa shape index (κ3) is 3.52. The normalized spacial score (nSPS) is 11.3. The molecular weight excluding hydrogens is 339 g/mol. The van der Waals surface area contributed by atoms with E-state index in [4.69, 9.17) is 0 Å². The number of benzene rings is 3. The van der Waals surface area contributed by atoms with E-state index in [9.17, 15) is 9.36 Å². The van der Waals surface area contributed by atoms with Crippen molar-refractivity contribution >= 4 is 24.2 Å². The van der Waals surface area contributed by atoms with Crippen LogP contribution in [0.5, 0.6) is 0 Å². The molecule has 1 unspecified atom stereocenters. The van der Waals surface area contributed by atoms with Crippen LogP contribution < -0.4 is 10.6 Å². The molecule has 0 heterocycles. The topological polar surface area (TPSA) is 34.1 Å². The molecule has 0 bridgehead atoms. The molecule has 3 aromatic rings. The molecule has 26 heavy (non-hydrogen) atoms. The van der Waals surface area contributed by atoms with Crippen molar-refractivity contribution in [3.8, 4) is 0 Å². The molecule has 130 valence electrons. The molecule has 2 nitrogen and oxygen atoms in total. The number of ketones is 1. The van der Waals surface area contributed by atoms with Crippen LogP contribution in [-0.2, 0) is 4.57 Å². The Hall–Kier alpha value is -2.57. The smallest absolute Gasteiger partial charge is 0.289 e. The minimum atomic E-state index is -1.66.